The number of hydrogen-bond donors (Lipinski definition) is 0. The van der Waals surface area contributed by atoms with Crippen LogP contribution in [0.3, 0.4) is 0 Å². The van der Waals surface area contributed by atoms with Crippen molar-refractivity contribution in [3.05, 3.63) is 34.6 Å². The molecule has 0 spiro atoms. The fourth-order valence-electron chi connectivity index (χ4n) is 6.97. The minimum absolute atomic E-state index is 0.0930. The molecule has 4 rings (SSSR count). The van der Waals surface area contributed by atoms with Crippen molar-refractivity contribution in [3.63, 3.8) is 0 Å². The largest absolute Gasteiger partial charge is 0.378 e. The Morgan fingerprint density at radius 1 is 0.844 bits per heavy atom. The molecule has 1 nitrogen and oxygen atoms in total. The number of unbranched alkanes of at least 4 members (excludes halogenated alkanes) is 4. The molecule has 0 bridgehead atoms. The maximum Gasteiger partial charge on any atom is 0.126 e. The molecule has 0 aromatic heterocycles. The topological polar surface area (TPSA) is 9.23 Å². The van der Waals surface area contributed by atoms with Crippen LogP contribution in [0.4, 0.5) is 4.39 Å². The zero-order valence-corrected chi connectivity index (χ0v) is 20.8. The fourth-order valence-corrected chi connectivity index (χ4v) is 6.97. The smallest absolute Gasteiger partial charge is 0.126 e. The number of hydrogen-bond acceptors (Lipinski definition) is 1. The van der Waals surface area contributed by atoms with Crippen molar-refractivity contribution < 1.29 is 9.13 Å². The van der Waals surface area contributed by atoms with E-state index in [9.17, 15) is 0 Å². The van der Waals surface area contributed by atoms with Gasteiger partial charge in [-0.1, -0.05) is 58.4 Å². The molecule has 1 aromatic rings. The molecule has 180 valence electrons. The Kier molecular flexibility index (Phi) is 9.09. The van der Waals surface area contributed by atoms with Gasteiger partial charge in [-0.3, -0.25) is 0 Å². The summed E-state index contributed by atoms with van der Waals surface area (Å²) in [5.41, 5.74) is 3.82. The number of halogens is 1. The SMILES string of the molecule is CCCCCCC1CCc2cc(C3CCC4CC(OCCCC)CCC4C3)c(F)cc2C1. The molecule has 0 N–H and O–H groups in total. The lowest BCUT2D eigenvalue weighted by Crippen LogP contribution is -2.34. The van der Waals surface area contributed by atoms with Crippen LogP contribution in [0.5, 0.6) is 0 Å². The molecule has 0 saturated heterocycles. The van der Waals surface area contributed by atoms with E-state index in [4.69, 9.17) is 4.74 Å². The van der Waals surface area contributed by atoms with Crippen molar-refractivity contribution in [1.29, 1.82) is 0 Å². The first-order valence-electron chi connectivity index (χ1n) is 14.1. The Morgan fingerprint density at radius 2 is 1.66 bits per heavy atom. The highest BCUT2D eigenvalue weighted by Crippen LogP contribution is 2.47. The van der Waals surface area contributed by atoms with Crippen LogP contribution in [0.1, 0.15) is 126 Å². The van der Waals surface area contributed by atoms with Crippen LogP contribution >= 0.6 is 0 Å². The van der Waals surface area contributed by atoms with Crippen LogP contribution in [-0.2, 0) is 17.6 Å². The summed E-state index contributed by atoms with van der Waals surface area (Å²) < 4.78 is 21.4. The minimum Gasteiger partial charge on any atom is -0.378 e. The number of ether oxygens (including phenoxy) is 1. The second-order valence-electron chi connectivity index (χ2n) is 11.3. The number of aryl methyl sites for hydroxylation is 1. The van der Waals surface area contributed by atoms with Crippen LogP contribution < -0.4 is 0 Å². The van der Waals surface area contributed by atoms with E-state index in [-0.39, 0.29) is 5.82 Å². The van der Waals surface area contributed by atoms with E-state index in [0.717, 1.165) is 42.8 Å². The second-order valence-corrected chi connectivity index (χ2v) is 11.3. The molecule has 0 aliphatic heterocycles. The van der Waals surface area contributed by atoms with Gasteiger partial charge in [0.05, 0.1) is 6.10 Å². The lowest BCUT2D eigenvalue weighted by atomic mass is 9.65. The Balaban J connectivity index is 1.32. The number of fused-ring (bicyclic) bond motifs is 2. The van der Waals surface area contributed by atoms with Crippen molar-refractivity contribution in [2.75, 3.05) is 6.61 Å². The van der Waals surface area contributed by atoms with Gasteiger partial charge in [0.15, 0.2) is 0 Å². The molecule has 5 atom stereocenters. The van der Waals surface area contributed by atoms with E-state index in [0.29, 0.717) is 12.0 Å². The lowest BCUT2D eigenvalue weighted by molar-refractivity contribution is -0.0161. The monoisotopic (exact) mass is 442 g/mol. The summed E-state index contributed by atoms with van der Waals surface area (Å²) in [4.78, 5) is 0. The Morgan fingerprint density at radius 3 is 2.50 bits per heavy atom. The summed E-state index contributed by atoms with van der Waals surface area (Å²) in [6.45, 7) is 5.44. The average Bonchev–Trinajstić information content (AvgIpc) is 2.81. The summed E-state index contributed by atoms with van der Waals surface area (Å²) in [5, 5.41) is 0. The zero-order valence-electron chi connectivity index (χ0n) is 20.8. The second kappa shape index (κ2) is 12.0. The minimum atomic E-state index is 0.0930. The first-order valence-corrected chi connectivity index (χ1v) is 14.1. The highest BCUT2D eigenvalue weighted by atomic mass is 19.1. The van der Waals surface area contributed by atoms with Crippen molar-refractivity contribution in [2.24, 2.45) is 17.8 Å². The molecular weight excluding hydrogens is 395 g/mol. The molecule has 3 aliphatic rings. The average molecular weight is 443 g/mol. The molecule has 1 aromatic carbocycles. The number of rotatable bonds is 10. The lowest BCUT2D eigenvalue weighted by Gasteiger charge is -2.42. The van der Waals surface area contributed by atoms with Crippen molar-refractivity contribution in [2.45, 2.75) is 129 Å². The first kappa shape index (κ1) is 24.2. The molecule has 2 fully saturated rings. The first-order chi connectivity index (χ1) is 15.7. The van der Waals surface area contributed by atoms with Gasteiger partial charge in [-0.25, -0.2) is 4.39 Å². The van der Waals surface area contributed by atoms with Gasteiger partial charge in [-0.2, -0.15) is 0 Å². The van der Waals surface area contributed by atoms with Gasteiger partial charge in [0.2, 0.25) is 0 Å². The van der Waals surface area contributed by atoms with Crippen molar-refractivity contribution in [3.8, 4) is 0 Å². The highest BCUT2D eigenvalue weighted by molar-refractivity contribution is 5.37. The predicted molar refractivity (Wildman–Crippen MR) is 133 cm³/mol. The zero-order chi connectivity index (χ0) is 22.3. The predicted octanol–water partition coefficient (Wildman–Crippen LogP) is 8.77. The molecule has 2 saturated carbocycles. The summed E-state index contributed by atoms with van der Waals surface area (Å²) in [5.74, 6) is 2.89. The third-order valence-corrected chi connectivity index (χ3v) is 8.97. The van der Waals surface area contributed by atoms with Gasteiger partial charge in [0, 0.05) is 6.61 Å². The third-order valence-electron chi connectivity index (χ3n) is 8.97. The Hall–Kier alpha value is -0.890. The van der Waals surface area contributed by atoms with Crippen LogP contribution in [0, 0.1) is 23.6 Å². The summed E-state index contributed by atoms with van der Waals surface area (Å²) >= 11 is 0. The van der Waals surface area contributed by atoms with Gasteiger partial charge in [-0.15, -0.1) is 0 Å². The van der Waals surface area contributed by atoms with E-state index < -0.39 is 0 Å². The van der Waals surface area contributed by atoms with Crippen LogP contribution in [0.15, 0.2) is 12.1 Å². The number of benzene rings is 1. The molecule has 0 heterocycles. The van der Waals surface area contributed by atoms with Crippen molar-refractivity contribution >= 4 is 0 Å². The van der Waals surface area contributed by atoms with E-state index in [1.165, 1.54) is 101 Å². The maximum atomic E-state index is 15.3. The Bertz CT molecular complexity index is 713. The van der Waals surface area contributed by atoms with Crippen molar-refractivity contribution in [1.82, 2.24) is 0 Å². The van der Waals surface area contributed by atoms with Gasteiger partial charge in [-0.05, 0) is 111 Å². The maximum absolute atomic E-state index is 15.3. The van der Waals surface area contributed by atoms with Gasteiger partial charge in [0.25, 0.3) is 0 Å². The van der Waals surface area contributed by atoms with E-state index >= 15 is 4.39 Å². The van der Waals surface area contributed by atoms with Gasteiger partial charge >= 0.3 is 0 Å². The third kappa shape index (κ3) is 6.16. The van der Waals surface area contributed by atoms with E-state index in [1.807, 2.05) is 6.07 Å². The molecule has 0 amide bonds. The normalized spacial score (nSPS) is 30.0. The molecule has 32 heavy (non-hydrogen) atoms. The summed E-state index contributed by atoms with van der Waals surface area (Å²) in [6, 6.07) is 4.23. The van der Waals surface area contributed by atoms with E-state index in [2.05, 4.69) is 19.9 Å². The summed E-state index contributed by atoms with van der Waals surface area (Å²) in [7, 11) is 0. The van der Waals surface area contributed by atoms with Crippen LogP contribution in [0.2, 0.25) is 0 Å². The standard InChI is InChI=1S/C30H47FO/c1-3-5-7-8-9-22-10-11-25-20-29(30(31)21-27(25)17-22)26-13-12-24-19-28(32-16-6-4-2)15-14-23(24)18-26/h20-24,26,28H,3-19H2,1-2H3. The molecule has 5 unspecified atom stereocenters. The molecule has 0 radical (unpaired) electrons. The van der Waals surface area contributed by atoms with Gasteiger partial charge < -0.3 is 4.74 Å². The summed E-state index contributed by atoms with van der Waals surface area (Å²) in [6.07, 6.45) is 20.5. The van der Waals surface area contributed by atoms with Gasteiger partial charge in [0.1, 0.15) is 5.82 Å². The van der Waals surface area contributed by atoms with Crippen LogP contribution in [-0.4, -0.2) is 12.7 Å². The quantitative estimate of drug-likeness (QED) is 0.329. The fraction of sp³-hybridized carbons (Fsp3) is 0.800. The molecular formula is C30H47FO. The molecule has 2 heteroatoms. The molecule has 3 aliphatic carbocycles. The van der Waals surface area contributed by atoms with Crippen LogP contribution in [0.25, 0.3) is 0 Å². The van der Waals surface area contributed by atoms with E-state index in [1.54, 1.807) is 0 Å². The highest BCUT2D eigenvalue weighted by Gasteiger charge is 2.37. The Labute approximate surface area is 196 Å².